The molecular formula is C23H31N3O2S. The molecule has 0 unspecified atom stereocenters. The fourth-order valence-electron chi connectivity index (χ4n) is 4.74. The quantitative estimate of drug-likeness (QED) is 0.741. The van der Waals surface area contributed by atoms with Gasteiger partial charge in [0.05, 0.1) is 12.1 Å². The smallest absolute Gasteiger partial charge is 0.255 e. The fourth-order valence-corrected chi connectivity index (χ4v) is 5.43. The topological polar surface area (TPSA) is 45.6 Å². The van der Waals surface area contributed by atoms with Crippen LogP contribution in [0, 0.1) is 19.8 Å². The third-order valence-corrected chi connectivity index (χ3v) is 7.42. The van der Waals surface area contributed by atoms with E-state index in [4.69, 9.17) is 0 Å². The molecule has 2 aromatic rings. The zero-order chi connectivity index (χ0) is 20.4. The first-order chi connectivity index (χ1) is 14.0. The molecule has 156 valence electrons. The van der Waals surface area contributed by atoms with Crippen molar-refractivity contribution < 1.29 is 9.59 Å². The molecule has 0 N–H and O–H groups in total. The van der Waals surface area contributed by atoms with Crippen LogP contribution in [0.4, 0.5) is 0 Å². The number of nitrogens with zero attached hydrogens (tertiary/aromatic N) is 3. The number of carbonyl (C=O) groups excluding carboxylic acids is 2. The number of rotatable bonds is 5. The minimum atomic E-state index is 0.0958. The van der Waals surface area contributed by atoms with Crippen molar-refractivity contribution in [1.82, 2.24) is 14.4 Å². The van der Waals surface area contributed by atoms with Crippen molar-refractivity contribution in [3.8, 4) is 0 Å². The van der Waals surface area contributed by atoms with Crippen LogP contribution in [0.25, 0.3) is 0 Å². The molecule has 2 aliphatic rings. The zero-order valence-electron chi connectivity index (χ0n) is 17.5. The molecule has 0 radical (unpaired) electrons. The second-order valence-corrected chi connectivity index (χ2v) is 9.51. The third-order valence-electron chi connectivity index (χ3n) is 6.56. The molecule has 1 saturated heterocycles. The van der Waals surface area contributed by atoms with Gasteiger partial charge in [-0.3, -0.25) is 9.59 Å². The lowest BCUT2D eigenvalue weighted by Crippen LogP contribution is -2.50. The SMILES string of the molecule is Cc1cc(C(=O)N2CCN(C(=O)CC3CCCC3)CC2)c(C)n1Cc1cccs1. The van der Waals surface area contributed by atoms with Crippen molar-refractivity contribution in [2.45, 2.75) is 52.5 Å². The Morgan fingerprint density at radius 2 is 1.76 bits per heavy atom. The van der Waals surface area contributed by atoms with Crippen LogP contribution in [0.3, 0.4) is 0 Å². The van der Waals surface area contributed by atoms with Crippen molar-refractivity contribution in [3.05, 3.63) is 45.4 Å². The van der Waals surface area contributed by atoms with E-state index in [1.165, 1.54) is 30.6 Å². The van der Waals surface area contributed by atoms with Gasteiger partial charge in [0.2, 0.25) is 5.91 Å². The fraction of sp³-hybridized carbons (Fsp3) is 0.565. The molecule has 1 saturated carbocycles. The minimum Gasteiger partial charge on any atom is -0.343 e. The Hall–Kier alpha value is -2.08. The Kier molecular flexibility index (Phi) is 6.09. The van der Waals surface area contributed by atoms with Gasteiger partial charge in [0.1, 0.15) is 0 Å². The van der Waals surface area contributed by atoms with Crippen molar-refractivity contribution in [1.29, 1.82) is 0 Å². The Bertz CT molecular complexity index is 857. The van der Waals surface area contributed by atoms with E-state index in [2.05, 4.69) is 29.0 Å². The maximum atomic E-state index is 13.2. The number of aryl methyl sites for hydroxylation is 1. The number of carbonyl (C=O) groups is 2. The summed E-state index contributed by atoms with van der Waals surface area (Å²) < 4.78 is 2.22. The number of thiophene rings is 1. The molecule has 4 rings (SSSR count). The predicted molar refractivity (Wildman–Crippen MR) is 116 cm³/mol. The molecule has 1 aliphatic heterocycles. The molecular weight excluding hydrogens is 382 g/mol. The minimum absolute atomic E-state index is 0.0958. The molecule has 2 amide bonds. The monoisotopic (exact) mass is 413 g/mol. The molecule has 0 bridgehead atoms. The van der Waals surface area contributed by atoms with Crippen molar-refractivity contribution in [2.75, 3.05) is 26.2 Å². The van der Waals surface area contributed by atoms with Gasteiger partial charge in [-0.25, -0.2) is 0 Å². The normalized spacial score (nSPS) is 17.9. The second-order valence-electron chi connectivity index (χ2n) is 8.48. The van der Waals surface area contributed by atoms with Crippen LogP contribution in [0.15, 0.2) is 23.6 Å². The molecule has 0 aromatic carbocycles. The summed E-state index contributed by atoms with van der Waals surface area (Å²) in [4.78, 5) is 30.9. The number of hydrogen-bond donors (Lipinski definition) is 0. The van der Waals surface area contributed by atoms with Gasteiger partial charge in [0.15, 0.2) is 0 Å². The largest absolute Gasteiger partial charge is 0.343 e. The van der Waals surface area contributed by atoms with Crippen LogP contribution in [0.1, 0.15) is 58.7 Å². The average molecular weight is 414 g/mol. The first-order valence-electron chi connectivity index (χ1n) is 10.8. The van der Waals surface area contributed by atoms with Gasteiger partial charge in [0, 0.05) is 48.9 Å². The zero-order valence-corrected chi connectivity index (χ0v) is 18.3. The van der Waals surface area contributed by atoms with E-state index in [-0.39, 0.29) is 11.8 Å². The highest BCUT2D eigenvalue weighted by molar-refractivity contribution is 7.09. The highest BCUT2D eigenvalue weighted by Gasteiger charge is 2.28. The Morgan fingerprint density at radius 3 is 2.41 bits per heavy atom. The van der Waals surface area contributed by atoms with Gasteiger partial charge in [-0.1, -0.05) is 18.9 Å². The van der Waals surface area contributed by atoms with Gasteiger partial charge in [-0.15, -0.1) is 11.3 Å². The van der Waals surface area contributed by atoms with Crippen LogP contribution in [0.2, 0.25) is 0 Å². The molecule has 2 fully saturated rings. The van der Waals surface area contributed by atoms with Crippen molar-refractivity contribution >= 4 is 23.2 Å². The Morgan fingerprint density at radius 1 is 1.07 bits per heavy atom. The maximum Gasteiger partial charge on any atom is 0.255 e. The van der Waals surface area contributed by atoms with Crippen LogP contribution in [-0.2, 0) is 11.3 Å². The summed E-state index contributed by atoms with van der Waals surface area (Å²) in [5.41, 5.74) is 2.94. The lowest BCUT2D eigenvalue weighted by molar-refractivity contribution is -0.133. The molecule has 1 aliphatic carbocycles. The lowest BCUT2D eigenvalue weighted by atomic mass is 10.0. The highest BCUT2D eigenvalue weighted by atomic mass is 32.1. The molecule has 3 heterocycles. The van der Waals surface area contributed by atoms with Crippen molar-refractivity contribution in [2.24, 2.45) is 5.92 Å². The van der Waals surface area contributed by atoms with Gasteiger partial charge < -0.3 is 14.4 Å². The van der Waals surface area contributed by atoms with E-state index < -0.39 is 0 Å². The summed E-state index contributed by atoms with van der Waals surface area (Å²) in [6.07, 6.45) is 5.63. The number of aromatic nitrogens is 1. The van der Waals surface area contributed by atoms with E-state index in [9.17, 15) is 9.59 Å². The van der Waals surface area contributed by atoms with Crippen LogP contribution >= 0.6 is 11.3 Å². The predicted octanol–water partition coefficient (Wildman–Crippen LogP) is 4.08. The highest BCUT2D eigenvalue weighted by Crippen LogP contribution is 2.28. The molecule has 6 heteroatoms. The van der Waals surface area contributed by atoms with E-state index >= 15 is 0 Å². The molecule has 0 atom stereocenters. The summed E-state index contributed by atoms with van der Waals surface area (Å²) in [5.74, 6) is 0.951. The van der Waals surface area contributed by atoms with Crippen LogP contribution < -0.4 is 0 Å². The average Bonchev–Trinajstić information content (AvgIpc) is 3.47. The summed E-state index contributed by atoms with van der Waals surface area (Å²) >= 11 is 1.74. The van der Waals surface area contributed by atoms with Crippen molar-refractivity contribution in [3.63, 3.8) is 0 Å². The lowest BCUT2D eigenvalue weighted by Gasteiger charge is -2.35. The summed E-state index contributed by atoms with van der Waals surface area (Å²) in [5, 5.41) is 2.09. The summed E-state index contributed by atoms with van der Waals surface area (Å²) in [7, 11) is 0. The summed E-state index contributed by atoms with van der Waals surface area (Å²) in [6.45, 7) is 7.49. The molecule has 29 heavy (non-hydrogen) atoms. The maximum absolute atomic E-state index is 13.2. The van der Waals surface area contributed by atoms with E-state index in [1.807, 2.05) is 22.8 Å². The second kappa shape index (κ2) is 8.74. The first kappa shape index (κ1) is 20.2. The third kappa shape index (κ3) is 4.42. The van der Waals surface area contributed by atoms with Gasteiger partial charge >= 0.3 is 0 Å². The van der Waals surface area contributed by atoms with E-state index in [0.29, 0.717) is 38.5 Å². The molecule has 5 nitrogen and oxygen atoms in total. The van der Waals surface area contributed by atoms with E-state index in [0.717, 1.165) is 23.5 Å². The Labute approximate surface area is 177 Å². The van der Waals surface area contributed by atoms with Crippen LogP contribution in [-0.4, -0.2) is 52.4 Å². The molecule has 0 spiro atoms. The number of amides is 2. The van der Waals surface area contributed by atoms with Gasteiger partial charge in [0.25, 0.3) is 5.91 Å². The number of hydrogen-bond acceptors (Lipinski definition) is 3. The summed E-state index contributed by atoms with van der Waals surface area (Å²) in [6, 6.07) is 6.21. The Balaban J connectivity index is 1.36. The standard InChI is InChI=1S/C23H31N3O2S/c1-17-14-21(18(2)26(17)16-20-8-5-13-29-20)23(28)25-11-9-24(10-12-25)22(27)15-19-6-3-4-7-19/h5,8,13-14,19H,3-4,6-7,9-12,15-16H2,1-2H3. The number of piperazine rings is 1. The molecule has 2 aromatic heterocycles. The van der Waals surface area contributed by atoms with Crippen LogP contribution in [0.5, 0.6) is 0 Å². The van der Waals surface area contributed by atoms with Gasteiger partial charge in [-0.2, -0.15) is 0 Å². The first-order valence-corrected chi connectivity index (χ1v) is 11.7. The van der Waals surface area contributed by atoms with E-state index in [1.54, 1.807) is 11.3 Å². The van der Waals surface area contributed by atoms with Gasteiger partial charge in [-0.05, 0) is 50.1 Å².